The molecule has 0 heterocycles. The van der Waals surface area contributed by atoms with E-state index in [1.165, 1.54) is 19.3 Å². The molecule has 1 aromatic rings. The van der Waals surface area contributed by atoms with Gasteiger partial charge in [-0.25, -0.2) is 0 Å². The number of nitrogens with zero attached hydrogens (tertiary/aromatic N) is 2. The molecule has 0 spiro atoms. The molecule has 1 saturated carbocycles. The van der Waals surface area contributed by atoms with Gasteiger partial charge in [-0.2, -0.15) is 5.26 Å². The van der Waals surface area contributed by atoms with Gasteiger partial charge in [-0.05, 0) is 32.0 Å². The first-order valence-electron chi connectivity index (χ1n) is 6.70. The lowest BCUT2D eigenvalue weighted by Crippen LogP contribution is -2.38. The van der Waals surface area contributed by atoms with Crippen molar-refractivity contribution in [2.75, 3.05) is 18.9 Å². The Hall–Kier alpha value is -1.86. The van der Waals surface area contributed by atoms with E-state index in [2.05, 4.69) is 23.3 Å². The molecule has 1 fully saturated rings. The highest BCUT2D eigenvalue weighted by Gasteiger charge is 2.22. The highest BCUT2D eigenvalue weighted by atomic mass is 16.1. The Balaban J connectivity index is 1.82. The third-order valence-corrected chi connectivity index (χ3v) is 3.71. The standard InChI is InChI=1S/C15H19N3O/c1-18(13-6-4-7-13)10-9-15(19)17-14-8-3-2-5-12(14)11-16/h2-3,5,8,13H,4,6-7,9-10H2,1H3,(H,17,19). The van der Waals surface area contributed by atoms with Gasteiger partial charge in [-0.1, -0.05) is 18.6 Å². The van der Waals surface area contributed by atoms with Crippen molar-refractivity contribution in [1.29, 1.82) is 5.26 Å². The molecule has 0 radical (unpaired) electrons. The van der Waals surface area contributed by atoms with Crippen LogP contribution in [0.25, 0.3) is 0 Å². The second-order valence-electron chi connectivity index (χ2n) is 5.02. The minimum absolute atomic E-state index is 0.0335. The molecule has 100 valence electrons. The summed E-state index contributed by atoms with van der Waals surface area (Å²) in [5.41, 5.74) is 1.10. The third kappa shape index (κ3) is 3.55. The number of benzene rings is 1. The molecular weight excluding hydrogens is 238 g/mol. The Morgan fingerprint density at radius 2 is 2.21 bits per heavy atom. The highest BCUT2D eigenvalue weighted by molar-refractivity contribution is 5.92. The van der Waals surface area contributed by atoms with Crippen molar-refractivity contribution in [3.63, 3.8) is 0 Å². The number of nitriles is 1. The van der Waals surface area contributed by atoms with E-state index < -0.39 is 0 Å². The molecule has 1 N–H and O–H groups in total. The number of carbonyl (C=O) groups is 1. The van der Waals surface area contributed by atoms with Gasteiger partial charge >= 0.3 is 0 Å². The molecule has 4 nitrogen and oxygen atoms in total. The fraction of sp³-hybridized carbons (Fsp3) is 0.467. The van der Waals surface area contributed by atoms with Crippen molar-refractivity contribution in [2.24, 2.45) is 0 Å². The minimum atomic E-state index is -0.0335. The molecule has 19 heavy (non-hydrogen) atoms. The van der Waals surface area contributed by atoms with Crippen molar-refractivity contribution in [3.05, 3.63) is 29.8 Å². The lowest BCUT2D eigenvalue weighted by atomic mass is 9.92. The van der Waals surface area contributed by atoms with Crippen molar-refractivity contribution < 1.29 is 4.79 Å². The Morgan fingerprint density at radius 1 is 1.47 bits per heavy atom. The lowest BCUT2D eigenvalue weighted by molar-refractivity contribution is -0.116. The second kappa shape index (κ2) is 6.35. The molecule has 0 saturated heterocycles. The van der Waals surface area contributed by atoms with Crippen molar-refractivity contribution in [2.45, 2.75) is 31.7 Å². The van der Waals surface area contributed by atoms with E-state index in [-0.39, 0.29) is 5.91 Å². The average molecular weight is 257 g/mol. The van der Waals surface area contributed by atoms with Gasteiger partial charge in [0.2, 0.25) is 5.91 Å². The molecule has 0 aromatic heterocycles. The van der Waals surface area contributed by atoms with Crippen LogP contribution in [0.5, 0.6) is 0 Å². The fourth-order valence-corrected chi connectivity index (χ4v) is 2.19. The second-order valence-corrected chi connectivity index (χ2v) is 5.02. The largest absolute Gasteiger partial charge is 0.325 e. The number of rotatable bonds is 5. The number of para-hydroxylation sites is 1. The van der Waals surface area contributed by atoms with Crippen molar-refractivity contribution in [3.8, 4) is 6.07 Å². The molecule has 0 bridgehead atoms. The minimum Gasteiger partial charge on any atom is -0.325 e. The molecule has 1 aromatic carbocycles. The van der Waals surface area contributed by atoms with Crippen LogP contribution in [-0.4, -0.2) is 30.4 Å². The maximum atomic E-state index is 11.9. The normalized spacial score (nSPS) is 14.8. The van der Waals surface area contributed by atoms with Crippen LogP contribution < -0.4 is 5.32 Å². The number of amides is 1. The summed E-state index contributed by atoms with van der Waals surface area (Å²) in [6, 6.07) is 9.80. The maximum absolute atomic E-state index is 11.9. The summed E-state index contributed by atoms with van der Waals surface area (Å²) in [4.78, 5) is 14.1. The Kier molecular flexibility index (Phi) is 4.53. The Bertz CT molecular complexity index is 488. The van der Waals surface area contributed by atoms with Crippen molar-refractivity contribution in [1.82, 2.24) is 4.90 Å². The summed E-state index contributed by atoms with van der Waals surface area (Å²) >= 11 is 0. The molecule has 1 aliphatic carbocycles. The van der Waals surface area contributed by atoms with Crippen LogP contribution in [0.2, 0.25) is 0 Å². The zero-order valence-corrected chi connectivity index (χ0v) is 11.2. The lowest BCUT2D eigenvalue weighted by Gasteiger charge is -2.34. The van der Waals surface area contributed by atoms with Crippen LogP contribution in [0.15, 0.2) is 24.3 Å². The average Bonchev–Trinajstić information content (AvgIpc) is 2.35. The summed E-state index contributed by atoms with van der Waals surface area (Å²) in [6.07, 6.45) is 4.26. The molecule has 0 aliphatic heterocycles. The SMILES string of the molecule is CN(CCC(=O)Nc1ccccc1C#N)C1CCC1. The number of nitrogens with one attached hydrogen (secondary N) is 1. The summed E-state index contributed by atoms with van der Waals surface area (Å²) in [7, 11) is 2.07. The predicted molar refractivity (Wildman–Crippen MR) is 74.7 cm³/mol. The van der Waals surface area contributed by atoms with E-state index in [4.69, 9.17) is 5.26 Å². The van der Waals surface area contributed by atoms with Gasteiger partial charge in [0, 0.05) is 19.0 Å². The van der Waals surface area contributed by atoms with Crippen LogP contribution in [0, 0.1) is 11.3 Å². The maximum Gasteiger partial charge on any atom is 0.225 e. The van der Waals surface area contributed by atoms with E-state index in [1.54, 1.807) is 18.2 Å². The number of hydrogen-bond acceptors (Lipinski definition) is 3. The predicted octanol–water partition coefficient (Wildman–Crippen LogP) is 2.37. The monoisotopic (exact) mass is 257 g/mol. The topological polar surface area (TPSA) is 56.1 Å². The van der Waals surface area contributed by atoms with E-state index in [0.717, 1.165) is 6.54 Å². The molecule has 1 amide bonds. The van der Waals surface area contributed by atoms with E-state index in [1.807, 2.05) is 6.07 Å². The molecule has 2 rings (SSSR count). The molecule has 4 heteroatoms. The third-order valence-electron chi connectivity index (χ3n) is 3.71. The van der Waals surface area contributed by atoms with Crippen molar-refractivity contribution >= 4 is 11.6 Å². The molecular formula is C15H19N3O. The number of hydrogen-bond donors (Lipinski definition) is 1. The summed E-state index contributed by atoms with van der Waals surface area (Å²) < 4.78 is 0. The first kappa shape index (κ1) is 13.6. The Labute approximate surface area is 114 Å². The number of carbonyl (C=O) groups excluding carboxylic acids is 1. The van der Waals surface area contributed by atoms with Crippen LogP contribution in [0.1, 0.15) is 31.2 Å². The smallest absolute Gasteiger partial charge is 0.225 e. The molecule has 1 aliphatic rings. The van der Waals surface area contributed by atoms with Gasteiger partial charge in [0.05, 0.1) is 11.3 Å². The Morgan fingerprint density at radius 3 is 2.84 bits per heavy atom. The van der Waals surface area contributed by atoms with Crippen LogP contribution in [0.4, 0.5) is 5.69 Å². The van der Waals surface area contributed by atoms with E-state index >= 15 is 0 Å². The first-order chi connectivity index (χ1) is 9.20. The first-order valence-corrected chi connectivity index (χ1v) is 6.70. The van der Waals surface area contributed by atoms with Gasteiger partial charge in [0.15, 0.2) is 0 Å². The van der Waals surface area contributed by atoms with Gasteiger partial charge in [-0.3, -0.25) is 4.79 Å². The van der Waals surface area contributed by atoms with Gasteiger partial charge in [0.25, 0.3) is 0 Å². The number of anilines is 1. The zero-order valence-electron chi connectivity index (χ0n) is 11.2. The summed E-state index contributed by atoms with van der Waals surface area (Å²) in [5.74, 6) is -0.0335. The van der Waals surface area contributed by atoms with Gasteiger partial charge < -0.3 is 10.2 Å². The van der Waals surface area contributed by atoms with E-state index in [0.29, 0.717) is 23.7 Å². The highest BCUT2D eigenvalue weighted by Crippen LogP contribution is 2.23. The van der Waals surface area contributed by atoms with E-state index in [9.17, 15) is 4.79 Å². The van der Waals surface area contributed by atoms with Crippen LogP contribution >= 0.6 is 0 Å². The summed E-state index contributed by atoms with van der Waals surface area (Å²) in [6.45, 7) is 0.769. The van der Waals surface area contributed by atoms with Gasteiger partial charge in [0.1, 0.15) is 6.07 Å². The van der Waals surface area contributed by atoms with Gasteiger partial charge in [-0.15, -0.1) is 0 Å². The fourth-order valence-electron chi connectivity index (χ4n) is 2.19. The molecule has 0 unspecified atom stereocenters. The van der Waals surface area contributed by atoms with Crippen LogP contribution in [0.3, 0.4) is 0 Å². The zero-order chi connectivity index (χ0) is 13.7. The van der Waals surface area contributed by atoms with Crippen LogP contribution in [-0.2, 0) is 4.79 Å². The molecule has 0 atom stereocenters. The quantitative estimate of drug-likeness (QED) is 0.881. The summed E-state index contributed by atoms with van der Waals surface area (Å²) in [5, 5.41) is 11.8.